The molecule has 0 N–H and O–H groups in total. The lowest BCUT2D eigenvalue weighted by Gasteiger charge is -2.38. The van der Waals surface area contributed by atoms with Crippen LogP contribution in [-0.4, -0.2) is 77.0 Å². The van der Waals surface area contributed by atoms with Crippen molar-refractivity contribution in [3.8, 4) is 22.7 Å². The quantitative estimate of drug-likeness (QED) is 0.251. The molecule has 7 rings (SSSR count). The fourth-order valence-corrected chi connectivity index (χ4v) is 5.74. The van der Waals surface area contributed by atoms with Gasteiger partial charge in [0.05, 0.1) is 17.2 Å². The zero-order chi connectivity index (χ0) is 29.3. The summed E-state index contributed by atoms with van der Waals surface area (Å²) in [5.41, 5.74) is 6.69. The number of benzene rings is 2. The summed E-state index contributed by atoms with van der Waals surface area (Å²) in [5.74, 6) is 0.348. The third-order valence-corrected chi connectivity index (χ3v) is 7.87. The van der Waals surface area contributed by atoms with Crippen LogP contribution >= 0.6 is 11.3 Å². The summed E-state index contributed by atoms with van der Waals surface area (Å²) in [6.07, 6.45) is 1.57. The van der Waals surface area contributed by atoms with Crippen LogP contribution < -0.4 is 0 Å². The fourth-order valence-electron chi connectivity index (χ4n) is 5.18. The number of tetrazole rings is 1. The molecule has 0 saturated carbocycles. The molecule has 2 aromatic carbocycles. The minimum atomic E-state index is -2.88. The average molecular weight is 600 g/mol. The molecule has 43 heavy (non-hydrogen) atoms. The lowest BCUT2D eigenvalue weighted by Crippen LogP contribution is -2.50. The van der Waals surface area contributed by atoms with Crippen LogP contribution in [0.2, 0.25) is 0 Å². The number of thiazole rings is 1. The standard InChI is InChI=1S/C29H23F2N9O2S/c30-29(31)40-36-26(35-37-40)25(18-4-2-1-3-5-18)38-10-12-39(13-11-38)28(41)22-15-20(8-9-32-22)27-34-21-14-19(6-7-24(21)42-27)23-16-43-17-33-23/h1-9,14-17,25,29H,10-13H2/t25-/m1/s1. The van der Waals surface area contributed by atoms with Gasteiger partial charge >= 0.3 is 6.55 Å². The van der Waals surface area contributed by atoms with Gasteiger partial charge in [-0.15, -0.1) is 21.5 Å². The number of oxazole rings is 1. The molecule has 0 bridgehead atoms. The number of carbonyl (C=O) groups excluding carboxylic acids is 1. The van der Waals surface area contributed by atoms with Gasteiger partial charge < -0.3 is 9.32 Å². The van der Waals surface area contributed by atoms with Gasteiger partial charge in [-0.25, -0.2) is 9.97 Å². The Kier molecular flexibility index (Phi) is 7.12. The normalized spacial score (nSPS) is 14.9. The number of halogens is 2. The van der Waals surface area contributed by atoms with Crippen molar-refractivity contribution in [1.82, 2.24) is 45.0 Å². The van der Waals surface area contributed by atoms with Crippen molar-refractivity contribution in [3.05, 3.63) is 94.8 Å². The van der Waals surface area contributed by atoms with Crippen molar-refractivity contribution in [3.63, 3.8) is 0 Å². The van der Waals surface area contributed by atoms with Crippen molar-refractivity contribution in [2.24, 2.45) is 0 Å². The molecular weight excluding hydrogens is 576 g/mol. The number of amides is 1. The predicted octanol–water partition coefficient (Wildman–Crippen LogP) is 4.94. The van der Waals surface area contributed by atoms with Crippen molar-refractivity contribution in [2.75, 3.05) is 26.2 Å². The van der Waals surface area contributed by atoms with Gasteiger partial charge in [0.15, 0.2) is 11.4 Å². The van der Waals surface area contributed by atoms with Gasteiger partial charge in [0.1, 0.15) is 11.2 Å². The van der Waals surface area contributed by atoms with Crippen LogP contribution in [0.5, 0.6) is 0 Å². The zero-order valence-corrected chi connectivity index (χ0v) is 23.3. The molecule has 1 aliphatic rings. The molecule has 4 aromatic heterocycles. The summed E-state index contributed by atoms with van der Waals surface area (Å²) < 4.78 is 32.3. The van der Waals surface area contributed by atoms with E-state index in [4.69, 9.17) is 4.42 Å². The Hall–Kier alpha value is -4.95. The molecule has 0 radical (unpaired) electrons. The lowest BCUT2D eigenvalue weighted by atomic mass is 10.0. The van der Waals surface area contributed by atoms with Crippen LogP contribution in [0.25, 0.3) is 33.8 Å². The van der Waals surface area contributed by atoms with Crippen LogP contribution in [0.15, 0.2) is 82.2 Å². The van der Waals surface area contributed by atoms with Crippen LogP contribution in [0.4, 0.5) is 8.78 Å². The number of piperazine rings is 1. The van der Waals surface area contributed by atoms with Crippen molar-refractivity contribution in [2.45, 2.75) is 12.6 Å². The first-order valence-corrected chi connectivity index (χ1v) is 14.4. The molecule has 5 heterocycles. The first-order valence-electron chi connectivity index (χ1n) is 13.4. The minimum absolute atomic E-state index is 0.178. The molecule has 0 spiro atoms. The Morgan fingerprint density at radius 3 is 2.53 bits per heavy atom. The summed E-state index contributed by atoms with van der Waals surface area (Å²) in [6.45, 7) is -1.13. The van der Waals surface area contributed by atoms with Gasteiger partial charge in [0.2, 0.25) is 5.89 Å². The minimum Gasteiger partial charge on any atom is -0.436 e. The van der Waals surface area contributed by atoms with E-state index in [1.807, 2.05) is 53.9 Å². The maximum absolute atomic E-state index is 13.5. The Bertz CT molecular complexity index is 1870. The van der Waals surface area contributed by atoms with Crippen LogP contribution in [0.3, 0.4) is 0 Å². The average Bonchev–Trinajstić information content (AvgIpc) is 3.83. The van der Waals surface area contributed by atoms with E-state index in [0.29, 0.717) is 53.5 Å². The number of alkyl halides is 2. The van der Waals surface area contributed by atoms with E-state index in [2.05, 4.69) is 35.3 Å². The second kappa shape index (κ2) is 11.4. The first kappa shape index (κ1) is 26.9. The molecule has 6 aromatic rings. The number of hydrogen-bond donors (Lipinski definition) is 0. The van der Waals surface area contributed by atoms with E-state index in [1.165, 1.54) is 11.3 Å². The SMILES string of the molecule is O=C(c1cc(-c2nc3cc(-c4cscn4)ccc3o2)ccn1)N1CCN([C@H](c2ccccc2)c2nnn(C(F)F)n2)CC1. The van der Waals surface area contributed by atoms with E-state index in [1.54, 1.807) is 28.7 Å². The Morgan fingerprint density at radius 1 is 0.953 bits per heavy atom. The number of hydrogen-bond acceptors (Lipinski definition) is 10. The lowest BCUT2D eigenvalue weighted by molar-refractivity contribution is 0.0385. The Morgan fingerprint density at radius 2 is 1.79 bits per heavy atom. The van der Waals surface area contributed by atoms with Crippen molar-refractivity contribution in [1.29, 1.82) is 0 Å². The zero-order valence-electron chi connectivity index (χ0n) is 22.5. The van der Waals surface area contributed by atoms with E-state index in [-0.39, 0.29) is 17.4 Å². The third kappa shape index (κ3) is 5.37. The Balaban J connectivity index is 1.08. The smallest absolute Gasteiger partial charge is 0.350 e. The molecule has 0 aliphatic carbocycles. The molecule has 1 fully saturated rings. The van der Waals surface area contributed by atoms with E-state index in [9.17, 15) is 13.6 Å². The number of fused-ring (bicyclic) bond motifs is 1. The highest BCUT2D eigenvalue weighted by Gasteiger charge is 2.32. The summed E-state index contributed by atoms with van der Waals surface area (Å²) in [5, 5.41) is 13.3. The molecule has 11 nitrogen and oxygen atoms in total. The van der Waals surface area contributed by atoms with Gasteiger partial charge in [-0.3, -0.25) is 14.7 Å². The van der Waals surface area contributed by atoms with Crippen LogP contribution in [0.1, 0.15) is 34.5 Å². The number of carbonyl (C=O) groups is 1. The summed E-state index contributed by atoms with van der Waals surface area (Å²) in [7, 11) is 0. The van der Waals surface area contributed by atoms with E-state index >= 15 is 0 Å². The summed E-state index contributed by atoms with van der Waals surface area (Å²) >= 11 is 1.52. The number of rotatable bonds is 7. The highest BCUT2D eigenvalue weighted by atomic mass is 32.1. The molecule has 216 valence electrons. The van der Waals surface area contributed by atoms with Gasteiger partial charge in [-0.05, 0) is 41.1 Å². The van der Waals surface area contributed by atoms with Gasteiger partial charge in [-0.1, -0.05) is 35.1 Å². The molecule has 1 saturated heterocycles. The Labute approximate surface area is 247 Å². The van der Waals surface area contributed by atoms with Crippen molar-refractivity contribution >= 4 is 28.3 Å². The monoisotopic (exact) mass is 599 g/mol. The van der Waals surface area contributed by atoms with Gasteiger partial charge in [0, 0.05) is 48.9 Å². The molecule has 14 heteroatoms. The van der Waals surface area contributed by atoms with Gasteiger partial charge in [0.25, 0.3) is 5.91 Å². The first-order chi connectivity index (χ1) is 21.0. The highest BCUT2D eigenvalue weighted by Crippen LogP contribution is 2.30. The largest absolute Gasteiger partial charge is 0.436 e. The fraction of sp³-hybridized carbons (Fsp3) is 0.207. The van der Waals surface area contributed by atoms with Crippen LogP contribution in [-0.2, 0) is 0 Å². The molecule has 1 amide bonds. The third-order valence-electron chi connectivity index (χ3n) is 7.29. The molecular formula is C29H23F2N9O2S. The maximum atomic E-state index is 13.5. The van der Waals surface area contributed by atoms with Gasteiger partial charge in [-0.2, -0.15) is 8.78 Å². The second-order valence-corrected chi connectivity index (χ2v) is 10.6. The topological polar surface area (TPSA) is 119 Å². The summed E-state index contributed by atoms with van der Waals surface area (Å²) in [6, 6.07) is 18.1. The summed E-state index contributed by atoms with van der Waals surface area (Å²) in [4.78, 5) is 30.9. The number of nitrogens with zero attached hydrogens (tertiary/aromatic N) is 9. The molecule has 1 aliphatic heterocycles. The van der Waals surface area contributed by atoms with Crippen LogP contribution in [0, 0.1) is 0 Å². The maximum Gasteiger partial charge on any atom is 0.350 e. The number of pyridine rings is 1. The number of aromatic nitrogens is 7. The van der Waals surface area contributed by atoms with E-state index < -0.39 is 12.6 Å². The molecule has 1 atom stereocenters. The predicted molar refractivity (Wildman–Crippen MR) is 153 cm³/mol. The molecule has 0 unspecified atom stereocenters. The second-order valence-electron chi connectivity index (χ2n) is 9.89. The van der Waals surface area contributed by atoms with Crippen molar-refractivity contribution < 1.29 is 18.0 Å². The van der Waals surface area contributed by atoms with E-state index in [0.717, 1.165) is 16.8 Å². The highest BCUT2D eigenvalue weighted by molar-refractivity contribution is 7.07.